The summed E-state index contributed by atoms with van der Waals surface area (Å²) in [5.41, 5.74) is 3.47. The average molecular weight is 323 g/mol. The van der Waals surface area contributed by atoms with Crippen molar-refractivity contribution in [3.8, 4) is 0 Å². The molecule has 0 aliphatic rings. The zero-order valence-corrected chi connectivity index (χ0v) is 13.6. The van der Waals surface area contributed by atoms with E-state index in [1.54, 1.807) is 47.6 Å². The van der Waals surface area contributed by atoms with Gasteiger partial charge in [-0.1, -0.05) is 47.6 Å². The molecule has 126 valence electrons. The summed E-state index contributed by atoms with van der Waals surface area (Å²) < 4.78 is 66.0. The first-order chi connectivity index (χ1) is 9.49. The topological polar surface area (TPSA) is 26.0 Å². The molecule has 1 rings (SSSR count). The zero-order chi connectivity index (χ0) is 17.7. The molecule has 0 aliphatic heterocycles. The Labute approximate surface area is 127 Å². The summed E-state index contributed by atoms with van der Waals surface area (Å²) in [6.07, 6.45) is -5.69. The molecule has 0 spiro atoms. The number of hydrogen-bond acceptors (Lipinski definition) is 1. The number of nitrogen functional groups attached to an aromatic ring is 1. The SMILES string of the molecule is CC(C)(C)c1cc(C(C)(C)C)c(N)c(C(F)(F)C(F)(F)F)c1. The second-order valence-corrected chi connectivity index (χ2v) is 7.56. The van der Waals surface area contributed by atoms with Gasteiger partial charge in [0.15, 0.2) is 0 Å². The fourth-order valence-electron chi connectivity index (χ4n) is 2.12. The molecule has 22 heavy (non-hydrogen) atoms. The fraction of sp³-hybridized carbons (Fsp3) is 0.625. The zero-order valence-electron chi connectivity index (χ0n) is 13.6. The van der Waals surface area contributed by atoms with Gasteiger partial charge in [-0.25, -0.2) is 0 Å². The monoisotopic (exact) mass is 323 g/mol. The van der Waals surface area contributed by atoms with Crippen LogP contribution in [0.25, 0.3) is 0 Å². The van der Waals surface area contributed by atoms with E-state index in [-0.39, 0.29) is 0 Å². The van der Waals surface area contributed by atoms with Crippen LogP contribution in [0.5, 0.6) is 0 Å². The predicted molar refractivity (Wildman–Crippen MR) is 78.2 cm³/mol. The van der Waals surface area contributed by atoms with Gasteiger partial charge in [-0.2, -0.15) is 22.0 Å². The highest BCUT2D eigenvalue weighted by Crippen LogP contribution is 2.48. The van der Waals surface area contributed by atoms with E-state index in [2.05, 4.69) is 0 Å². The van der Waals surface area contributed by atoms with Gasteiger partial charge in [0.05, 0.1) is 5.56 Å². The van der Waals surface area contributed by atoms with Crippen molar-refractivity contribution in [1.82, 2.24) is 0 Å². The van der Waals surface area contributed by atoms with Gasteiger partial charge < -0.3 is 5.73 Å². The smallest absolute Gasteiger partial charge is 0.398 e. The van der Waals surface area contributed by atoms with Crippen LogP contribution in [0, 0.1) is 0 Å². The second kappa shape index (κ2) is 5.10. The predicted octanol–water partition coefficient (Wildman–Crippen LogP) is 5.52. The molecule has 0 fully saturated rings. The van der Waals surface area contributed by atoms with E-state index < -0.39 is 34.2 Å². The van der Waals surface area contributed by atoms with Crippen LogP contribution in [0.3, 0.4) is 0 Å². The maximum Gasteiger partial charge on any atom is 0.458 e. The van der Waals surface area contributed by atoms with Crippen LogP contribution in [0.15, 0.2) is 12.1 Å². The summed E-state index contributed by atoms with van der Waals surface area (Å²) in [4.78, 5) is 0. The lowest BCUT2D eigenvalue weighted by Crippen LogP contribution is -2.35. The minimum atomic E-state index is -5.69. The van der Waals surface area contributed by atoms with Gasteiger partial charge in [0.25, 0.3) is 0 Å². The van der Waals surface area contributed by atoms with E-state index in [0.717, 1.165) is 6.07 Å². The molecule has 1 aromatic carbocycles. The number of hydrogen-bond donors (Lipinski definition) is 1. The van der Waals surface area contributed by atoms with Crippen LogP contribution in [0.2, 0.25) is 0 Å². The van der Waals surface area contributed by atoms with Crippen molar-refractivity contribution in [2.24, 2.45) is 0 Å². The number of halogens is 5. The molecule has 1 aromatic rings. The van der Waals surface area contributed by atoms with Crippen molar-refractivity contribution >= 4 is 5.69 Å². The molecule has 0 unspecified atom stereocenters. The molecular weight excluding hydrogens is 301 g/mol. The van der Waals surface area contributed by atoms with Crippen molar-refractivity contribution in [3.05, 3.63) is 28.8 Å². The Morgan fingerprint density at radius 2 is 1.14 bits per heavy atom. The van der Waals surface area contributed by atoms with Crippen molar-refractivity contribution in [2.45, 2.75) is 64.5 Å². The molecule has 0 atom stereocenters. The molecule has 0 amide bonds. The van der Waals surface area contributed by atoms with Crippen LogP contribution in [-0.4, -0.2) is 6.18 Å². The van der Waals surface area contributed by atoms with Gasteiger partial charge in [-0.15, -0.1) is 0 Å². The first-order valence-corrected chi connectivity index (χ1v) is 6.89. The highest BCUT2D eigenvalue weighted by molar-refractivity contribution is 5.61. The van der Waals surface area contributed by atoms with Crippen molar-refractivity contribution < 1.29 is 22.0 Å². The van der Waals surface area contributed by atoms with Crippen molar-refractivity contribution in [1.29, 1.82) is 0 Å². The number of rotatable bonds is 1. The molecule has 0 radical (unpaired) electrons. The third-order valence-electron chi connectivity index (χ3n) is 3.55. The van der Waals surface area contributed by atoms with Crippen LogP contribution in [0.1, 0.15) is 58.2 Å². The van der Waals surface area contributed by atoms with E-state index in [0.29, 0.717) is 11.1 Å². The summed E-state index contributed by atoms with van der Waals surface area (Å²) in [5, 5.41) is 0. The van der Waals surface area contributed by atoms with E-state index in [4.69, 9.17) is 5.73 Å². The molecule has 0 saturated carbocycles. The van der Waals surface area contributed by atoms with Gasteiger partial charge in [-0.3, -0.25) is 0 Å². The van der Waals surface area contributed by atoms with Gasteiger partial charge in [-0.05, 0) is 28.0 Å². The maximum absolute atomic E-state index is 13.9. The third kappa shape index (κ3) is 3.36. The quantitative estimate of drug-likeness (QED) is 0.534. The number of nitrogens with two attached hydrogens (primary N) is 1. The average Bonchev–Trinajstić information content (AvgIpc) is 2.23. The number of anilines is 1. The lowest BCUT2D eigenvalue weighted by Gasteiger charge is -2.31. The molecular formula is C16H22F5N. The molecule has 0 heterocycles. The Balaban J connectivity index is 3.80. The van der Waals surface area contributed by atoms with Crippen LogP contribution < -0.4 is 5.73 Å². The Hall–Kier alpha value is -1.33. The summed E-state index contributed by atoms with van der Waals surface area (Å²) in [7, 11) is 0. The first-order valence-electron chi connectivity index (χ1n) is 6.89. The van der Waals surface area contributed by atoms with E-state index in [1.807, 2.05) is 0 Å². The number of benzene rings is 1. The van der Waals surface area contributed by atoms with E-state index >= 15 is 0 Å². The first kappa shape index (κ1) is 18.7. The molecule has 0 aromatic heterocycles. The van der Waals surface area contributed by atoms with Gasteiger partial charge >= 0.3 is 12.1 Å². The third-order valence-corrected chi connectivity index (χ3v) is 3.55. The fourth-order valence-corrected chi connectivity index (χ4v) is 2.12. The van der Waals surface area contributed by atoms with Crippen LogP contribution in [0.4, 0.5) is 27.6 Å². The highest BCUT2D eigenvalue weighted by atomic mass is 19.4. The minimum Gasteiger partial charge on any atom is -0.398 e. The molecule has 1 nitrogen and oxygen atoms in total. The van der Waals surface area contributed by atoms with Gasteiger partial charge in [0, 0.05) is 5.69 Å². The second-order valence-electron chi connectivity index (χ2n) is 7.56. The van der Waals surface area contributed by atoms with Crippen LogP contribution in [-0.2, 0) is 16.8 Å². The summed E-state index contributed by atoms with van der Waals surface area (Å²) in [6, 6.07) is 2.49. The number of alkyl halides is 5. The van der Waals surface area contributed by atoms with E-state index in [9.17, 15) is 22.0 Å². The molecule has 0 saturated heterocycles. The van der Waals surface area contributed by atoms with Gasteiger partial charge in [0.1, 0.15) is 0 Å². The Bertz CT molecular complexity index is 560. The molecule has 0 bridgehead atoms. The lowest BCUT2D eigenvalue weighted by molar-refractivity contribution is -0.289. The Morgan fingerprint density at radius 1 is 0.727 bits per heavy atom. The molecule has 0 aliphatic carbocycles. The lowest BCUT2D eigenvalue weighted by atomic mass is 9.77. The largest absolute Gasteiger partial charge is 0.458 e. The maximum atomic E-state index is 13.9. The van der Waals surface area contributed by atoms with Crippen molar-refractivity contribution in [2.75, 3.05) is 5.73 Å². The molecule has 2 N–H and O–H groups in total. The minimum absolute atomic E-state index is 0.291. The highest BCUT2D eigenvalue weighted by Gasteiger charge is 2.60. The molecule has 6 heteroatoms. The van der Waals surface area contributed by atoms with Gasteiger partial charge in [0.2, 0.25) is 0 Å². The standard InChI is InChI=1S/C16H22F5N/c1-13(2,3)9-7-10(14(4,5)6)12(22)11(8-9)15(17,18)16(19,20)21/h7-8H,22H2,1-6H3. The Morgan fingerprint density at radius 3 is 1.45 bits per heavy atom. The van der Waals surface area contributed by atoms with E-state index in [1.165, 1.54) is 0 Å². The normalized spacial score (nSPS) is 14.3. The summed E-state index contributed by atoms with van der Waals surface area (Å²) in [6.45, 7) is 10.4. The van der Waals surface area contributed by atoms with Crippen LogP contribution >= 0.6 is 0 Å². The summed E-state index contributed by atoms with van der Waals surface area (Å²) >= 11 is 0. The summed E-state index contributed by atoms with van der Waals surface area (Å²) in [5.74, 6) is -4.99. The Kier molecular flexibility index (Phi) is 4.34. The van der Waals surface area contributed by atoms with Crippen molar-refractivity contribution in [3.63, 3.8) is 0 Å².